The summed E-state index contributed by atoms with van der Waals surface area (Å²) in [4.78, 5) is 7.36. The molecule has 0 fully saturated rings. The fourth-order valence-electron chi connectivity index (χ4n) is 14.0. The van der Waals surface area contributed by atoms with Crippen LogP contribution in [0.25, 0.3) is 43.1 Å². The zero-order chi connectivity index (χ0) is 55.0. The van der Waals surface area contributed by atoms with Gasteiger partial charge in [-0.1, -0.05) is 182 Å². The van der Waals surface area contributed by atoms with Crippen molar-refractivity contribution in [1.82, 2.24) is 0 Å². The molecule has 0 N–H and O–H groups in total. The largest absolute Gasteiger partial charge is 0.458 e. The highest BCUT2D eigenvalue weighted by molar-refractivity contribution is 7.02. The standard InChI is InChI=1S/C76H47B2N3O3/c1-4-26-56(27-5-1)79-69-47-73-66(78-64-39-53-23-15-17-25-55(53)41-68(64)81(58-35-33-49-19-11-13-21-51(49)37-58)72-44-62(45-74(84-73)76(72)78)83-60-30-8-3-9-31-60)46-65(69)77-63-38-52-22-14-16-24-54(52)40-67(63)80(57-34-32-48-18-10-12-20-50(48)36-57)71-43-61(42-70(79)75(71)77)82-59-28-6-2-7-29-59/h1-47H. The summed E-state index contributed by atoms with van der Waals surface area (Å²) in [6.07, 6.45) is 0. The van der Waals surface area contributed by atoms with Crippen LogP contribution in [0.5, 0.6) is 34.5 Å². The second-order valence-corrected chi connectivity index (χ2v) is 22.4. The van der Waals surface area contributed by atoms with E-state index in [1.807, 2.05) is 60.7 Å². The maximum absolute atomic E-state index is 7.58. The highest BCUT2D eigenvalue weighted by Crippen LogP contribution is 2.50. The Labute approximate surface area is 486 Å². The van der Waals surface area contributed by atoms with Crippen LogP contribution in [-0.4, -0.2) is 13.4 Å². The lowest BCUT2D eigenvalue weighted by molar-refractivity contribution is 0.463. The van der Waals surface area contributed by atoms with E-state index in [0.717, 1.165) is 90.9 Å². The van der Waals surface area contributed by atoms with Gasteiger partial charge in [0.2, 0.25) is 0 Å². The fraction of sp³-hybridized carbons (Fsp3) is 0. The molecule has 4 aliphatic rings. The van der Waals surface area contributed by atoms with Crippen molar-refractivity contribution in [3.63, 3.8) is 0 Å². The van der Waals surface area contributed by atoms with Crippen LogP contribution in [0.15, 0.2) is 285 Å². The Kier molecular flexibility index (Phi) is 10.2. The van der Waals surface area contributed by atoms with E-state index in [0.29, 0.717) is 5.75 Å². The lowest BCUT2D eigenvalue weighted by Crippen LogP contribution is -2.64. The van der Waals surface area contributed by atoms with Gasteiger partial charge in [-0.05, 0) is 149 Å². The molecule has 0 radical (unpaired) electrons. The predicted molar refractivity (Wildman–Crippen MR) is 349 cm³/mol. The molecule has 0 spiro atoms. The smallest absolute Gasteiger partial charge is 0.256 e. The first-order valence-electron chi connectivity index (χ1n) is 28.8. The Hall–Kier alpha value is -11.0. The number of rotatable bonds is 7. The van der Waals surface area contributed by atoms with Gasteiger partial charge >= 0.3 is 0 Å². The molecule has 18 rings (SSSR count). The molecule has 390 valence electrons. The fourth-order valence-corrected chi connectivity index (χ4v) is 14.0. The van der Waals surface area contributed by atoms with Gasteiger partial charge in [-0.2, -0.15) is 0 Å². The molecule has 14 aromatic carbocycles. The molecule has 0 aromatic heterocycles. The van der Waals surface area contributed by atoms with Gasteiger partial charge in [0.15, 0.2) is 0 Å². The van der Waals surface area contributed by atoms with Crippen LogP contribution in [0.3, 0.4) is 0 Å². The van der Waals surface area contributed by atoms with Crippen LogP contribution in [-0.2, 0) is 0 Å². The van der Waals surface area contributed by atoms with Crippen molar-refractivity contribution in [2.24, 2.45) is 0 Å². The van der Waals surface area contributed by atoms with Crippen LogP contribution >= 0.6 is 0 Å². The normalized spacial score (nSPS) is 13.2. The summed E-state index contributed by atoms with van der Waals surface area (Å²) < 4.78 is 21.4. The van der Waals surface area contributed by atoms with E-state index in [2.05, 4.69) is 239 Å². The van der Waals surface area contributed by atoms with Gasteiger partial charge in [0.25, 0.3) is 13.4 Å². The van der Waals surface area contributed by atoms with Crippen molar-refractivity contribution in [2.75, 3.05) is 14.7 Å². The Morgan fingerprint density at radius 2 is 0.619 bits per heavy atom. The number of anilines is 9. The molecule has 0 bridgehead atoms. The first-order chi connectivity index (χ1) is 41.6. The molecule has 0 unspecified atom stereocenters. The minimum Gasteiger partial charge on any atom is -0.458 e. The molecule has 8 heteroatoms. The molecule has 84 heavy (non-hydrogen) atoms. The Morgan fingerprint density at radius 1 is 0.238 bits per heavy atom. The zero-order valence-corrected chi connectivity index (χ0v) is 45.4. The van der Waals surface area contributed by atoms with Crippen LogP contribution in [0.2, 0.25) is 0 Å². The summed E-state index contributed by atoms with van der Waals surface area (Å²) in [7, 11) is 0. The van der Waals surface area contributed by atoms with Gasteiger partial charge in [0.1, 0.15) is 34.5 Å². The third-order valence-corrected chi connectivity index (χ3v) is 17.6. The molecule has 0 aliphatic carbocycles. The SMILES string of the molecule is c1ccc(Oc2cc3c4c(c2)N(c2ccc5ccccc5c2)c2cc5ccccc5cc2B4c2cc4c(cc2O3)N(c2ccccc2)c2cc(Oc3ccccc3)cc3c2B4c2cc4ccccc4cc2N3c2ccc3ccccc3c2)cc1. The van der Waals surface area contributed by atoms with Crippen LogP contribution < -0.4 is 61.7 Å². The monoisotopic (exact) mass is 1070 g/mol. The molecule has 0 saturated carbocycles. The van der Waals surface area contributed by atoms with Crippen molar-refractivity contribution < 1.29 is 14.2 Å². The summed E-state index contributed by atoms with van der Waals surface area (Å²) in [6.45, 7) is -0.443. The van der Waals surface area contributed by atoms with E-state index in [1.165, 1.54) is 64.9 Å². The first kappa shape index (κ1) is 46.8. The minimum atomic E-state index is -0.229. The van der Waals surface area contributed by atoms with E-state index in [9.17, 15) is 0 Å². The third kappa shape index (κ3) is 7.27. The Bertz CT molecular complexity index is 5060. The van der Waals surface area contributed by atoms with Crippen molar-refractivity contribution in [1.29, 1.82) is 0 Å². The molecule has 0 amide bonds. The summed E-state index contributed by atoms with van der Waals surface area (Å²) in [6, 6.07) is 103. The molecule has 0 saturated heterocycles. The van der Waals surface area contributed by atoms with Crippen molar-refractivity contribution >= 4 is 140 Å². The molecular weight excluding hydrogens is 1020 g/mol. The molecule has 4 heterocycles. The predicted octanol–water partition coefficient (Wildman–Crippen LogP) is 16.4. The summed E-state index contributed by atoms with van der Waals surface area (Å²) in [5.41, 5.74) is 16.5. The van der Waals surface area contributed by atoms with Gasteiger partial charge in [0.05, 0.1) is 0 Å². The van der Waals surface area contributed by atoms with E-state index < -0.39 is 0 Å². The molecule has 0 atom stereocenters. The topological polar surface area (TPSA) is 37.4 Å². The van der Waals surface area contributed by atoms with E-state index in [4.69, 9.17) is 14.2 Å². The maximum Gasteiger partial charge on any atom is 0.256 e. The Balaban J connectivity index is 0.930. The third-order valence-electron chi connectivity index (χ3n) is 17.6. The summed E-state index contributed by atoms with van der Waals surface area (Å²) in [5.74, 6) is 4.48. The van der Waals surface area contributed by atoms with Gasteiger partial charge in [0, 0.05) is 81.5 Å². The highest BCUT2D eigenvalue weighted by atomic mass is 16.5. The van der Waals surface area contributed by atoms with Gasteiger partial charge in [-0.25, -0.2) is 0 Å². The average molecular weight is 1070 g/mol. The number of ether oxygens (including phenoxy) is 3. The maximum atomic E-state index is 7.58. The number of para-hydroxylation sites is 3. The summed E-state index contributed by atoms with van der Waals surface area (Å²) >= 11 is 0. The second-order valence-electron chi connectivity index (χ2n) is 22.4. The molecule has 4 aliphatic heterocycles. The number of nitrogens with zero attached hydrogens (tertiary/aromatic N) is 3. The van der Waals surface area contributed by atoms with Crippen LogP contribution in [0, 0.1) is 0 Å². The molecular formula is C76H47B2N3O3. The van der Waals surface area contributed by atoms with Crippen molar-refractivity contribution in [3.8, 4) is 34.5 Å². The van der Waals surface area contributed by atoms with Crippen LogP contribution in [0.1, 0.15) is 0 Å². The number of benzene rings is 14. The zero-order valence-electron chi connectivity index (χ0n) is 45.4. The van der Waals surface area contributed by atoms with E-state index in [-0.39, 0.29) is 13.4 Å². The average Bonchev–Trinajstić information content (AvgIpc) is 0.837. The van der Waals surface area contributed by atoms with Crippen molar-refractivity contribution in [3.05, 3.63) is 285 Å². The lowest BCUT2D eigenvalue weighted by atomic mass is 9.30. The van der Waals surface area contributed by atoms with E-state index >= 15 is 0 Å². The highest BCUT2D eigenvalue weighted by Gasteiger charge is 2.48. The van der Waals surface area contributed by atoms with Gasteiger partial charge < -0.3 is 28.9 Å². The first-order valence-corrected chi connectivity index (χ1v) is 28.8. The van der Waals surface area contributed by atoms with Crippen molar-refractivity contribution in [2.45, 2.75) is 0 Å². The molecule has 6 nitrogen and oxygen atoms in total. The van der Waals surface area contributed by atoms with Crippen LogP contribution in [0.4, 0.5) is 51.2 Å². The van der Waals surface area contributed by atoms with Gasteiger partial charge in [-0.15, -0.1) is 0 Å². The quantitative estimate of drug-likeness (QED) is 0.148. The Morgan fingerprint density at radius 3 is 1.13 bits per heavy atom. The van der Waals surface area contributed by atoms with Gasteiger partial charge in [-0.3, -0.25) is 0 Å². The van der Waals surface area contributed by atoms with E-state index in [1.54, 1.807) is 0 Å². The number of fused-ring (bicyclic) bond motifs is 12. The number of hydrogen-bond donors (Lipinski definition) is 0. The molecule has 14 aromatic rings. The lowest BCUT2D eigenvalue weighted by Gasteiger charge is -2.45. The summed E-state index contributed by atoms with van der Waals surface area (Å²) in [5, 5.41) is 9.42. The minimum absolute atomic E-state index is 0.214. The number of hydrogen-bond acceptors (Lipinski definition) is 6. The second kappa shape index (κ2) is 18.3.